The molecule has 0 radical (unpaired) electrons. The summed E-state index contributed by atoms with van der Waals surface area (Å²) in [5, 5.41) is 2.75. The molecule has 0 aliphatic carbocycles. The Labute approximate surface area is 95.6 Å². The van der Waals surface area contributed by atoms with Crippen molar-refractivity contribution in [1.82, 2.24) is 5.32 Å². The summed E-state index contributed by atoms with van der Waals surface area (Å²) in [4.78, 5) is 25.5. The lowest BCUT2D eigenvalue weighted by atomic mass is 10.4. The molecule has 1 aliphatic heterocycles. The minimum atomic E-state index is -0.278. The van der Waals surface area contributed by atoms with Crippen molar-refractivity contribution in [3.05, 3.63) is 28.6 Å². The highest BCUT2D eigenvalue weighted by atomic mass is 32.2. The molecule has 2 heterocycles. The number of carbonyl (C=O) groups excluding carboxylic acids is 2. The highest BCUT2D eigenvalue weighted by Crippen LogP contribution is 2.26. The van der Waals surface area contributed by atoms with Crippen LogP contribution < -0.4 is 5.32 Å². The first-order valence-electron chi connectivity index (χ1n) is 4.48. The lowest BCUT2D eigenvalue weighted by Gasteiger charge is -1.88. The molecule has 0 bridgehead atoms. The van der Waals surface area contributed by atoms with E-state index in [9.17, 15) is 9.59 Å². The molecule has 0 saturated carbocycles. The van der Waals surface area contributed by atoms with Crippen LogP contribution in [0.3, 0.4) is 0 Å². The lowest BCUT2D eigenvalue weighted by molar-refractivity contribution is -0.115. The maximum absolute atomic E-state index is 11.4. The number of aryl methyl sites for hydroxylation is 1. The number of nitrogens with zero attached hydrogens (tertiary/aromatic N) is 1. The first-order valence-corrected chi connectivity index (χ1v) is 5.29. The first-order chi connectivity index (χ1) is 7.69. The molecule has 0 atom stereocenters. The second-order valence-electron chi connectivity index (χ2n) is 3.05. The van der Waals surface area contributed by atoms with E-state index in [0.29, 0.717) is 17.1 Å². The topological polar surface area (TPSA) is 71.7 Å². The molecule has 82 valence electrons. The minimum Gasteiger partial charge on any atom is -0.462 e. The molecular formula is C10H8N2O3S. The molecule has 16 heavy (non-hydrogen) atoms. The SMILES string of the molecule is Cc1ccc(/C=C2\SC(=NC=O)NC2=O)o1. The van der Waals surface area contributed by atoms with Gasteiger partial charge in [0.05, 0.1) is 4.91 Å². The fourth-order valence-corrected chi connectivity index (χ4v) is 1.96. The average Bonchev–Trinajstić information content (AvgIpc) is 2.76. The maximum atomic E-state index is 11.4. The summed E-state index contributed by atoms with van der Waals surface area (Å²) in [7, 11) is 0. The van der Waals surface area contributed by atoms with Crippen LogP contribution in [0.5, 0.6) is 0 Å². The standard InChI is InChI=1S/C10H8N2O3S/c1-6-2-3-7(15-6)4-8-9(14)12-10(16-8)11-5-13/h2-5H,1H3,(H,11,12,13,14)/b8-4-. The van der Waals surface area contributed by atoms with Gasteiger partial charge in [-0.2, -0.15) is 4.99 Å². The molecule has 0 spiro atoms. The Bertz CT molecular complexity index is 502. The average molecular weight is 236 g/mol. The van der Waals surface area contributed by atoms with Gasteiger partial charge in [-0.3, -0.25) is 9.59 Å². The maximum Gasteiger partial charge on any atom is 0.264 e. The quantitative estimate of drug-likeness (QED) is 0.620. The van der Waals surface area contributed by atoms with Gasteiger partial charge in [0, 0.05) is 6.08 Å². The van der Waals surface area contributed by atoms with Crippen LogP contribution in [0, 0.1) is 6.92 Å². The normalized spacial score (nSPS) is 20.4. The van der Waals surface area contributed by atoms with Crippen LogP contribution in [0.25, 0.3) is 6.08 Å². The predicted octanol–water partition coefficient (Wildman–Crippen LogP) is 1.30. The number of furan rings is 1. The third-order valence-corrected chi connectivity index (χ3v) is 2.78. The van der Waals surface area contributed by atoms with Gasteiger partial charge in [-0.05, 0) is 30.8 Å². The van der Waals surface area contributed by atoms with Crippen LogP contribution >= 0.6 is 11.8 Å². The van der Waals surface area contributed by atoms with Crippen molar-refractivity contribution in [2.45, 2.75) is 6.92 Å². The number of rotatable bonds is 2. The van der Waals surface area contributed by atoms with E-state index in [1.54, 1.807) is 12.1 Å². The molecule has 2 amide bonds. The van der Waals surface area contributed by atoms with Crippen molar-refractivity contribution >= 4 is 35.3 Å². The summed E-state index contributed by atoms with van der Waals surface area (Å²) in [6.07, 6.45) is 2.00. The van der Waals surface area contributed by atoms with E-state index in [1.807, 2.05) is 13.0 Å². The Morgan fingerprint density at radius 3 is 2.94 bits per heavy atom. The second kappa shape index (κ2) is 4.36. The number of hydrogen-bond donors (Lipinski definition) is 1. The van der Waals surface area contributed by atoms with Crippen molar-refractivity contribution in [1.29, 1.82) is 0 Å². The van der Waals surface area contributed by atoms with Gasteiger partial charge in [-0.1, -0.05) is 0 Å². The van der Waals surface area contributed by atoms with Crippen LogP contribution in [0.4, 0.5) is 0 Å². The van der Waals surface area contributed by atoms with Gasteiger partial charge in [-0.25, -0.2) is 0 Å². The first kappa shape index (κ1) is 10.7. The Hall–Kier alpha value is -1.82. The zero-order valence-corrected chi connectivity index (χ0v) is 9.21. The number of thioether (sulfide) groups is 1. The monoisotopic (exact) mass is 236 g/mol. The summed E-state index contributed by atoms with van der Waals surface area (Å²) >= 11 is 1.11. The largest absolute Gasteiger partial charge is 0.462 e. The van der Waals surface area contributed by atoms with E-state index < -0.39 is 0 Å². The molecule has 0 unspecified atom stereocenters. The van der Waals surface area contributed by atoms with Crippen LogP contribution in [-0.2, 0) is 9.59 Å². The summed E-state index contributed by atoms with van der Waals surface area (Å²) in [6.45, 7) is 1.82. The molecule has 5 nitrogen and oxygen atoms in total. The molecule has 1 aromatic rings. The Morgan fingerprint density at radius 2 is 2.31 bits per heavy atom. The minimum absolute atomic E-state index is 0.278. The molecule has 1 aromatic heterocycles. The van der Waals surface area contributed by atoms with E-state index in [1.165, 1.54) is 0 Å². The molecule has 1 fully saturated rings. The van der Waals surface area contributed by atoms with Gasteiger partial charge < -0.3 is 9.73 Å². The number of carbonyl (C=O) groups is 2. The van der Waals surface area contributed by atoms with Gasteiger partial charge in [0.2, 0.25) is 6.41 Å². The van der Waals surface area contributed by atoms with Crippen LogP contribution in [0.15, 0.2) is 26.4 Å². The van der Waals surface area contributed by atoms with Crippen molar-refractivity contribution in [3.8, 4) is 0 Å². The summed E-state index contributed by atoms with van der Waals surface area (Å²) in [6, 6.07) is 3.58. The smallest absolute Gasteiger partial charge is 0.264 e. The molecular weight excluding hydrogens is 228 g/mol. The van der Waals surface area contributed by atoms with E-state index >= 15 is 0 Å². The highest BCUT2D eigenvalue weighted by Gasteiger charge is 2.23. The molecule has 0 aromatic carbocycles. The second-order valence-corrected chi connectivity index (χ2v) is 4.08. The Kier molecular flexibility index (Phi) is 2.91. The summed E-state index contributed by atoms with van der Waals surface area (Å²) in [5.74, 6) is 1.10. The molecule has 2 rings (SSSR count). The zero-order chi connectivity index (χ0) is 11.5. The molecule has 1 aliphatic rings. The van der Waals surface area contributed by atoms with Crippen LogP contribution in [0.2, 0.25) is 0 Å². The van der Waals surface area contributed by atoms with E-state index in [4.69, 9.17) is 4.42 Å². The fourth-order valence-electron chi connectivity index (χ4n) is 1.20. The highest BCUT2D eigenvalue weighted by molar-refractivity contribution is 8.18. The lowest BCUT2D eigenvalue weighted by Crippen LogP contribution is -2.19. The Balaban J connectivity index is 2.23. The zero-order valence-electron chi connectivity index (χ0n) is 8.39. The van der Waals surface area contributed by atoms with Gasteiger partial charge in [-0.15, -0.1) is 0 Å². The Morgan fingerprint density at radius 1 is 1.50 bits per heavy atom. The van der Waals surface area contributed by atoms with Crippen molar-refractivity contribution in [2.24, 2.45) is 4.99 Å². The number of hydrogen-bond acceptors (Lipinski definition) is 4. The molecule has 1 saturated heterocycles. The molecule has 1 N–H and O–H groups in total. The summed E-state index contributed by atoms with van der Waals surface area (Å²) in [5.41, 5.74) is 0. The number of amides is 2. The fraction of sp³-hybridized carbons (Fsp3) is 0.100. The van der Waals surface area contributed by atoms with Crippen molar-refractivity contribution in [2.75, 3.05) is 0 Å². The van der Waals surface area contributed by atoms with Gasteiger partial charge >= 0.3 is 0 Å². The third kappa shape index (κ3) is 2.22. The number of aliphatic imine (C=N–C) groups is 1. The van der Waals surface area contributed by atoms with Crippen LogP contribution in [-0.4, -0.2) is 17.5 Å². The third-order valence-electron chi connectivity index (χ3n) is 1.86. The predicted molar refractivity (Wildman–Crippen MR) is 60.7 cm³/mol. The molecule has 6 heteroatoms. The number of amidine groups is 1. The van der Waals surface area contributed by atoms with Gasteiger partial charge in [0.1, 0.15) is 11.5 Å². The van der Waals surface area contributed by atoms with Crippen LogP contribution in [0.1, 0.15) is 11.5 Å². The van der Waals surface area contributed by atoms with Crippen molar-refractivity contribution in [3.63, 3.8) is 0 Å². The van der Waals surface area contributed by atoms with Gasteiger partial charge in [0.15, 0.2) is 5.17 Å². The van der Waals surface area contributed by atoms with E-state index in [-0.39, 0.29) is 11.1 Å². The van der Waals surface area contributed by atoms with E-state index in [2.05, 4.69) is 10.3 Å². The summed E-state index contributed by atoms with van der Waals surface area (Å²) < 4.78 is 5.31. The van der Waals surface area contributed by atoms with Gasteiger partial charge in [0.25, 0.3) is 5.91 Å². The van der Waals surface area contributed by atoms with Crippen molar-refractivity contribution < 1.29 is 14.0 Å². The number of nitrogens with one attached hydrogen (secondary N) is 1. The van der Waals surface area contributed by atoms with E-state index in [0.717, 1.165) is 17.5 Å².